The number of nitrogens with zero attached hydrogens (tertiary/aromatic N) is 3. The number of hydrogen-bond donors (Lipinski definition) is 0. The summed E-state index contributed by atoms with van der Waals surface area (Å²) < 4.78 is 2.00. The average molecular weight is 233 g/mol. The first kappa shape index (κ1) is 13.7. The first-order valence-corrected chi connectivity index (χ1v) is 6.43. The highest BCUT2D eigenvalue weighted by molar-refractivity contribution is 5.80. The van der Waals surface area contributed by atoms with Crippen molar-refractivity contribution in [1.82, 2.24) is 14.8 Å². The zero-order valence-corrected chi connectivity index (χ0v) is 11.7. The van der Waals surface area contributed by atoms with Crippen LogP contribution in [-0.4, -0.2) is 14.8 Å². The largest absolute Gasteiger partial charge is 0.269 e. The molecule has 0 aliphatic heterocycles. The van der Waals surface area contributed by atoms with Gasteiger partial charge in [-0.25, -0.2) is 0 Å². The minimum absolute atomic E-state index is 0.400. The summed E-state index contributed by atoms with van der Waals surface area (Å²) in [6, 6.07) is 2.42. The molecule has 3 nitrogen and oxygen atoms in total. The van der Waals surface area contributed by atoms with E-state index in [2.05, 4.69) is 44.0 Å². The van der Waals surface area contributed by atoms with Crippen LogP contribution in [0, 0.1) is 0 Å². The second kappa shape index (κ2) is 5.80. The van der Waals surface area contributed by atoms with Crippen LogP contribution in [-0.2, 0) is 0 Å². The molecular weight excluding hydrogens is 210 g/mol. The first-order valence-electron chi connectivity index (χ1n) is 6.43. The molecular formula is C14H23N3. The zero-order valence-electron chi connectivity index (χ0n) is 11.7. The summed E-state index contributed by atoms with van der Waals surface area (Å²) in [6.45, 7) is 12.6. The van der Waals surface area contributed by atoms with Gasteiger partial charge in [0, 0.05) is 23.8 Å². The Bertz CT molecular complexity index is 469. The lowest BCUT2D eigenvalue weighted by atomic mass is 10.1. The minimum atomic E-state index is 0.400. The fourth-order valence-electron chi connectivity index (χ4n) is 1.67. The monoisotopic (exact) mass is 233 g/mol. The van der Waals surface area contributed by atoms with E-state index in [-0.39, 0.29) is 0 Å². The number of hydrogen-bond acceptors (Lipinski definition) is 2. The summed E-state index contributed by atoms with van der Waals surface area (Å²) in [4.78, 5) is 4.40. The van der Waals surface area contributed by atoms with Crippen molar-refractivity contribution in [1.29, 1.82) is 0 Å². The van der Waals surface area contributed by atoms with Crippen molar-refractivity contribution in [2.45, 2.75) is 53.5 Å². The van der Waals surface area contributed by atoms with Crippen molar-refractivity contribution in [3.05, 3.63) is 24.2 Å². The van der Waals surface area contributed by atoms with Gasteiger partial charge in [-0.05, 0) is 25.8 Å². The Kier molecular flexibility index (Phi) is 4.67. The molecule has 0 N–H and O–H groups in total. The van der Waals surface area contributed by atoms with Crippen LogP contribution in [0.2, 0.25) is 0 Å². The van der Waals surface area contributed by atoms with Gasteiger partial charge in [0.2, 0.25) is 0 Å². The molecule has 2 rings (SSSR count). The maximum Gasteiger partial charge on any atom is 0.114 e. The van der Waals surface area contributed by atoms with Crippen molar-refractivity contribution in [3.8, 4) is 0 Å². The smallest absolute Gasteiger partial charge is 0.114 e. The van der Waals surface area contributed by atoms with E-state index >= 15 is 0 Å². The van der Waals surface area contributed by atoms with Gasteiger partial charge in [0.05, 0.1) is 5.69 Å². The van der Waals surface area contributed by atoms with E-state index in [9.17, 15) is 0 Å². The third kappa shape index (κ3) is 2.84. The molecule has 0 aliphatic carbocycles. The molecule has 2 aromatic rings. The summed E-state index contributed by atoms with van der Waals surface area (Å²) in [7, 11) is 0. The van der Waals surface area contributed by atoms with Gasteiger partial charge in [0.25, 0.3) is 0 Å². The fraction of sp³-hybridized carbons (Fsp3) is 0.571. The molecule has 94 valence electrons. The van der Waals surface area contributed by atoms with Crippen molar-refractivity contribution < 1.29 is 0 Å². The summed E-state index contributed by atoms with van der Waals surface area (Å²) in [5.41, 5.74) is 2.13. The minimum Gasteiger partial charge on any atom is -0.269 e. The van der Waals surface area contributed by atoms with Crippen LogP contribution in [0.3, 0.4) is 0 Å². The summed E-state index contributed by atoms with van der Waals surface area (Å²) >= 11 is 0. The second-order valence-corrected chi connectivity index (χ2v) is 4.49. The standard InChI is InChI=1S/C12H17N3.C2H6/c1-8(2)11-12-10(5-6-13-11)7-15(14-12)9(3)4;1-2/h5-9H,1-4H3;1-2H3. The third-order valence-corrected chi connectivity index (χ3v) is 2.55. The third-order valence-electron chi connectivity index (χ3n) is 2.55. The van der Waals surface area contributed by atoms with Crippen LogP contribution < -0.4 is 0 Å². The lowest BCUT2D eigenvalue weighted by molar-refractivity contribution is 0.537. The molecule has 3 heteroatoms. The van der Waals surface area contributed by atoms with E-state index in [1.54, 1.807) is 0 Å². The highest BCUT2D eigenvalue weighted by atomic mass is 15.3. The van der Waals surface area contributed by atoms with Gasteiger partial charge in [-0.3, -0.25) is 9.67 Å². The van der Waals surface area contributed by atoms with Crippen molar-refractivity contribution >= 4 is 10.9 Å². The van der Waals surface area contributed by atoms with Crippen molar-refractivity contribution in [3.63, 3.8) is 0 Å². The molecule has 2 heterocycles. The maximum atomic E-state index is 4.59. The molecule has 0 atom stereocenters. The Labute approximate surface area is 104 Å². The van der Waals surface area contributed by atoms with Crippen LogP contribution in [0.5, 0.6) is 0 Å². The second-order valence-electron chi connectivity index (χ2n) is 4.49. The Morgan fingerprint density at radius 2 is 1.76 bits per heavy atom. The molecule has 2 aromatic heterocycles. The van der Waals surface area contributed by atoms with E-state index in [1.165, 1.54) is 5.39 Å². The Balaban J connectivity index is 0.000000686. The van der Waals surface area contributed by atoms with Gasteiger partial charge in [-0.15, -0.1) is 0 Å². The van der Waals surface area contributed by atoms with E-state index in [1.807, 2.05) is 30.8 Å². The number of aromatic nitrogens is 3. The molecule has 0 spiro atoms. The van der Waals surface area contributed by atoms with Gasteiger partial charge >= 0.3 is 0 Å². The first-order chi connectivity index (χ1) is 8.09. The van der Waals surface area contributed by atoms with E-state index in [0.29, 0.717) is 12.0 Å². The summed E-state index contributed by atoms with van der Waals surface area (Å²) in [5.74, 6) is 0.421. The van der Waals surface area contributed by atoms with E-state index in [4.69, 9.17) is 0 Å². The predicted molar refractivity (Wildman–Crippen MR) is 73.4 cm³/mol. The predicted octanol–water partition coefficient (Wildman–Crippen LogP) is 4.16. The van der Waals surface area contributed by atoms with Crippen LogP contribution in [0.15, 0.2) is 18.5 Å². The molecule has 0 unspecified atom stereocenters. The van der Waals surface area contributed by atoms with Crippen LogP contribution in [0.1, 0.15) is 59.2 Å². The van der Waals surface area contributed by atoms with Gasteiger partial charge in [-0.2, -0.15) is 5.10 Å². The topological polar surface area (TPSA) is 30.7 Å². The molecule has 0 saturated carbocycles. The number of rotatable bonds is 2. The van der Waals surface area contributed by atoms with Crippen molar-refractivity contribution in [2.75, 3.05) is 0 Å². The van der Waals surface area contributed by atoms with Gasteiger partial charge in [-0.1, -0.05) is 27.7 Å². The number of fused-ring (bicyclic) bond motifs is 1. The molecule has 0 aliphatic rings. The van der Waals surface area contributed by atoms with Gasteiger partial charge < -0.3 is 0 Å². The Morgan fingerprint density at radius 1 is 1.12 bits per heavy atom. The van der Waals surface area contributed by atoms with E-state index in [0.717, 1.165) is 11.2 Å². The zero-order chi connectivity index (χ0) is 13.0. The lowest BCUT2D eigenvalue weighted by Gasteiger charge is -2.04. The molecule has 0 amide bonds. The maximum absolute atomic E-state index is 4.59. The molecule has 0 fully saturated rings. The Morgan fingerprint density at radius 3 is 2.29 bits per heavy atom. The summed E-state index contributed by atoms with van der Waals surface area (Å²) in [6.07, 6.45) is 3.96. The van der Waals surface area contributed by atoms with Gasteiger partial charge in [0.1, 0.15) is 5.52 Å². The summed E-state index contributed by atoms with van der Waals surface area (Å²) in [5, 5.41) is 5.77. The normalized spacial score (nSPS) is 10.8. The quantitative estimate of drug-likeness (QED) is 0.779. The van der Waals surface area contributed by atoms with Crippen LogP contribution in [0.25, 0.3) is 10.9 Å². The highest BCUT2D eigenvalue weighted by Crippen LogP contribution is 2.22. The van der Waals surface area contributed by atoms with Crippen molar-refractivity contribution in [2.24, 2.45) is 0 Å². The lowest BCUT2D eigenvalue weighted by Crippen LogP contribution is -2.01. The van der Waals surface area contributed by atoms with Crippen LogP contribution in [0.4, 0.5) is 0 Å². The highest BCUT2D eigenvalue weighted by Gasteiger charge is 2.11. The Hall–Kier alpha value is -1.38. The molecule has 0 radical (unpaired) electrons. The number of pyridine rings is 1. The van der Waals surface area contributed by atoms with E-state index < -0.39 is 0 Å². The molecule has 0 saturated heterocycles. The SMILES string of the molecule is CC.CC(C)c1nccc2cn(C(C)C)nc12. The molecule has 17 heavy (non-hydrogen) atoms. The fourth-order valence-corrected chi connectivity index (χ4v) is 1.67. The van der Waals surface area contributed by atoms with Crippen LogP contribution >= 0.6 is 0 Å². The molecule has 0 bridgehead atoms. The average Bonchev–Trinajstić information content (AvgIpc) is 2.74. The van der Waals surface area contributed by atoms with Gasteiger partial charge in [0.15, 0.2) is 0 Å². The molecule has 0 aromatic carbocycles.